The number of pyridine rings is 1. The van der Waals surface area contributed by atoms with Gasteiger partial charge in [0.1, 0.15) is 12.1 Å². The average Bonchev–Trinajstić information content (AvgIpc) is 3.27. The van der Waals surface area contributed by atoms with E-state index < -0.39 is 23.6 Å². The molecule has 1 aliphatic rings. The Hall–Kier alpha value is -4.43. The van der Waals surface area contributed by atoms with Crippen LogP contribution in [0.3, 0.4) is 0 Å². The number of carboxylic acid groups (broad SMARTS) is 1. The van der Waals surface area contributed by atoms with Crippen molar-refractivity contribution in [3.05, 3.63) is 62.8 Å². The number of aliphatic carboxylic acids is 1. The number of piperidine rings is 1. The molecule has 1 unspecified atom stereocenters. The molecular formula is C26H27N7O4. The first kappa shape index (κ1) is 24.3. The number of nitrogens with zero attached hydrogens (tertiary/aromatic N) is 6. The minimum Gasteiger partial charge on any atom is -0.480 e. The number of carbonyl (C=O) groups is 1. The van der Waals surface area contributed by atoms with Crippen LogP contribution in [-0.4, -0.2) is 54.1 Å². The molecule has 0 bridgehead atoms. The molecule has 1 aromatic carbocycles. The number of hydrogen-bond acceptors (Lipinski definition) is 7. The first-order valence-corrected chi connectivity index (χ1v) is 12.1. The van der Waals surface area contributed by atoms with Gasteiger partial charge in [-0.15, -0.1) is 5.92 Å². The zero-order chi connectivity index (χ0) is 26.1. The summed E-state index contributed by atoms with van der Waals surface area (Å²) in [7, 11) is 0. The van der Waals surface area contributed by atoms with E-state index >= 15 is 0 Å². The van der Waals surface area contributed by atoms with Crippen molar-refractivity contribution in [1.82, 2.24) is 23.9 Å². The third kappa shape index (κ3) is 4.59. The fourth-order valence-corrected chi connectivity index (χ4v) is 4.80. The minimum atomic E-state index is -1.25. The van der Waals surface area contributed by atoms with Gasteiger partial charge in [-0.3, -0.25) is 23.9 Å². The summed E-state index contributed by atoms with van der Waals surface area (Å²) in [6.07, 6.45) is 1.73. The molecule has 11 nitrogen and oxygen atoms in total. The van der Waals surface area contributed by atoms with Gasteiger partial charge in [0, 0.05) is 24.5 Å². The Morgan fingerprint density at radius 2 is 1.95 bits per heavy atom. The largest absolute Gasteiger partial charge is 0.480 e. The molecule has 0 spiro atoms. The lowest BCUT2D eigenvalue weighted by Crippen LogP contribution is -2.44. The van der Waals surface area contributed by atoms with Gasteiger partial charge >= 0.3 is 5.97 Å². The van der Waals surface area contributed by atoms with Gasteiger partial charge in [0.15, 0.2) is 5.52 Å². The molecule has 3 N–H and O–H groups in total. The minimum absolute atomic E-state index is 0.0569. The van der Waals surface area contributed by atoms with Crippen LogP contribution < -0.4 is 21.8 Å². The molecule has 190 valence electrons. The van der Waals surface area contributed by atoms with Gasteiger partial charge in [0.2, 0.25) is 5.95 Å². The fourth-order valence-electron chi connectivity index (χ4n) is 4.80. The second-order valence-corrected chi connectivity index (χ2v) is 9.08. The fraction of sp³-hybridized carbons (Fsp3) is 0.346. The highest BCUT2D eigenvalue weighted by molar-refractivity contribution is 5.79. The van der Waals surface area contributed by atoms with Crippen molar-refractivity contribution in [1.29, 1.82) is 0 Å². The van der Waals surface area contributed by atoms with Crippen molar-refractivity contribution in [3.63, 3.8) is 0 Å². The molecule has 11 heteroatoms. The van der Waals surface area contributed by atoms with Crippen LogP contribution >= 0.6 is 0 Å². The maximum atomic E-state index is 13.9. The number of para-hydroxylation sites is 1. The summed E-state index contributed by atoms with van der Waals surface area (Å²) in [6, 6.07) is 11.1. The van der Waals surface area contributed by atoms with E-state index in [9.17, 15) is 19.5 Å². The monoisotopic (exact) mass is 501 g/mol. The highest BCUT2D eigenvalue weighted by atomic mass is 16.4. The highest BCUT2D eigenvalue weighted by Gasteiger charge is 2.27. The zero-order valence-corrected chi connectivity index (χ0v) is 20.4. The summed E-state index contributed by atoms with van der Waals surface area (Å²) in [5.41, 5.74) is 6.23. The molecule has 0 amide bonds. The Balaban J connectivity index is 1.73. The number of aromatic nitrogens is 5. The Morgan fingerprint density at radius 3 is 2.70 bits per heavy atom. The summed E-state index contributed by atoms with van der Waals surface area (Å²) in [4.78, 5) is 50.3. The number of benzene rings is 1. The van der Waals surface area contributed by atoms with E-state index in [0.29, 0.717) is 24.7 Å². The molecule has 4 aromatic rings. The van der Waals surface area contributed by atoms with Gasteiger partial charge in [-0.1, -0.05) is 30.2 Å². The number of carboxylic acids is 1. The molecule has 0 saturated carbocycles. The molecule has 4 heterocycles. The number of rotatable bonds is 6. The van der Waals surface area contributed by atoms with Gasteiger partial charge in [0.05, 0.1) is 24.3 Å². The van der Waals surface area contributed by atoms with E-state index in [1.54, 1.807) is 17.6 Å². The molecule has 37 heavy (non-hydrogen) atoms. The second kappa shape index (κ2) is 9.91. The molecule has 1 saturated heterocycles. The number of anilines is 1. The lowest BCUT2D eigenvalue weighted by molar-refractivity contribution is -0.138. The molecule has 0 radical (unpaired) electrons. The normalized spacial score (nSPS) is 15.6. The quantitative estimate of drug-likeness (QED) is 0.373. The Labute approximate surface area is 211 Å². The predicted octanol–water partition coefficient (Wildman–Crippen LogP) is 0.992. The third-order valence-electron chi connectivity index (χ3n) is 6.52. The first-order valence-electron chi connectivity index (χ1n) is 12.1. The molecule has 3 aromatic heterocycles. The lowest BCUT2D eigenvalue weighted by Gasteiger charge is -2.31. The van der Waals surface area contributed by atoms with Gasteiger partial charge in [-0.2, -0.15) is 0 Å². The van der Waals surface area contributed by atoms with E-state index in [2.05, 4.69) is 21.8 Å². The van der Waals surface area contributed by atoms with Crippen LogP contribution in [-0.2, 0) is 24.4 Å². The maximum Gasteiger partial charge on any atom is 0.325 e. The van der Waals surface area contributed by atoms with E-state index in [1.807, 2.05) is 35.2 Å². The van der Waals surface area contributed by atoms with Crippen molar-refractivity contribution in [2.75, 3.05) is 18.0 Å². The number of hydrogen-bond donors (Lipinski definition) is 2. The van der Waals surface area contributed by atoms with Gasteiger partial charge in [-0.05, 0) is 31.9 Å². The van der Waals surface area contributed by atoms with Crippen LogP contribution in [0.15, 0.2) is 46.0 Å². The Bertz CT molecular complexity index is 1690. The van der Waals surface area contributed by atoms with Crippen LogP contribution in [0.5, 0.6) is 0 Å². The number of fused-ring (bicyclic) bond motifs is 2. The van der Waals surface area contributed by atoms with Crippen molar-refractivity contribution in [3.8, 4) is 11.8 Å². The average molecular weight is 502 g/mol. The molecule has 5 rings (SSSR count). The standard InChI is InChI=1S/C26H27N7O4/c1-2-3-13-31-23-22(29-26(31)30-12-6-8-18(27)14-30)24(36)33(16-21(34)35)32(25(23)37)15-19-11-10-17-7-4-5-9-20(17)28-19/h4-5,7,9-11,18H,6,8,12-16,27H2,1H3,(H,34,35). The summed E-state index contributed by atoms with van der Waals surface area (Å²) in [5, 5.41) is 10.5. The van der Waals surface area contributed by atoms with E-state index in [0.717, 1.165) is 33.1 Å². The third-order valence-corrected chi connectivity index (χ3v) is 6.52. The topological polar surface area (TPSA) is 141 Å². The van der Waals surface area contributed by atoms with Crippen molar-refractivity contribution in [2.45, 2.75) is 45.4 Å². The number of nitrogens with two attached hydrogens (primary N) is 1. The van der Waals surface area contributed by atoms with Crippen LogP contribution in [0.2, 0.25) is 0 Å². The molecule has 1 atom stereocenters. The highest BCUT2D eigenvalue weighted by Crippen LogP contribution is 2.22. The Kier molecular flexibility index (Phi) is 6.50. The molecule has 1 fully saturated rings. The summed E-state index contributed by atoms with van der Waals surface area (Å²) < 4.78 is 3.71. The molecular weight excluding hydrogens is 474 g/mol. The van der Waals surface area contributed by atoms with Gasteiger partial charge in [-0.25, -0.2) is 14.3 Å². The summed E-state index contributed by atoms with van der Waals surface area (Å²) >= 11 is 0. The SMILES string of the molecule is CC#CCn1c(N2CCCC(N)C2)nc2c(=O)n(CC(=O)O)n(Cc3ccc4ccccc4n3)c(=O)c21. The number of imidazole rings is 1. The van der Waals surface area contributed by atoms with Gasteiger partial charge in [0.25, 0.3) is 11.1 Å². The predicted molar refractivity (Wildman–Crippen MR) is 140 cm³/mol. The lowest BCUT2D eigenvalue weighted by atomic mass is 10.1. The van der Waals surface area contributed by atoms with E-state index in [4.69, 9.17) is 5.73 Å². The van der Waals surface area contributed by atoms with Crippen LogP contribution in [0.25, 0.3) is 21.9 Å². The first-order chi connectivity index (χ1) is 17.9. The zero-order valence-electron chi connectivity index (χ0n) is 20.4. The van der Waals surface area contributed by atoms with E-state index in [-0.39, 0.29) is 30.2 Å². The summed E-state index contributed by atoms with van der Waals surface area (Å²) in [6.45, 7) is 2.27. The van der Waals surface area contributed by atoms with Crippen LogP contribution in [0.4, 0.5) is 5.95 Å². The smallest absolute Gasteiger partial charge is 0.325 e. The maximum absolute atomic E-state index is 13.9. The van der Waals surface area contributed by atoms with Crippen molar-refractivity contribution in [2.24, 2.45) is 5.73 Å². The van der Waals surface area contributed by atoms with Crippen LogP contribution in [0, 0.1) is 11.8 Å². The van der Waals surface area contributed by atoms with E-state index in [1.165, 1.54) is 0 Å². The van der Waals surface area contributed by atoms with Crippen molar-refractivity contribution >= 4 is 33.9 Å². The van der Waals surface area contributed by atoms with Crippen molar-refractivity contribution < 1.29 is 9.90 Å². The molecule has 1 aliphatic heterocycles. The Morgan fingerprint density at radius 1 is 1.14 bits per heavy atom. The van der Waals surface area contributed by atoms with Crippen LogP contribution in [0.1, 0.15) is 25.5 Å². The van der Waals surface area contributed by atoms with Gasteiger partial charge < -0.3 is 15.7 Å². The summed E-state index contributed by atoms with van der Waals surface area (Å²) in [5.74, 6) is 4.98. The second-order valence-electron chi connectivity index (χ2n) is 9.08. The molecule has 0 aliphatic carbocycles.